The number of carbonyl (C=O) groups is 2. The molecule has 0 saturated carbocycles. The highest BCUT2D eigenvalue weighted by molar-refractivity contribution is 7.96. The van der Waals surface area contributed by atoms with E-state index in [9.17, 15) is 9.59 Å². The molecule has 96 valence electrons. The first-order valence-electron chi connectivity index (χ1n) is 5.56. The van der Waals surface area contributed by atoms with Crippen molar-refractivity contribution in [2.24, 2.45) is 0 Å². The molecule has 1 N–H and O–H groups in total. The summed E-state index contributed by atoms with van der Waals surface area (Å²) in [5, 5.41) is 2.49. The third kappa shape index (κ3) is 2.95. The van der Waals surface area contributed by atoms with Crippen LogP contribution in [0.4, 0.5) is 10.5 Å². The molecule has 1 aliphatic heterocycles. The largest absolute Gasteiger partial charge is 0.482 e. The van der Waals surface area contributed by atoms with Crippen LogP contribution in [0.25, 0.3) is 0 Å². The first kappa shape index (κ1) is 12.8. The summed E-state index contributed by atoms with van der Waals surface area (Å²) in [6.45, 7) is 0.638. The summed E-state index contributed by atoms with van der Waals surface area (Å²) in [5.41, 5.74) is 1.71. The van der Waals surface area contributed by atoms with Gasteiger partial charge < -0.3 is 15.0 Å². The van der Waals surface area contributed by atoms with Gasteiger partial charge in [-0.2, -0.15) is 0 Å². The Balaban J connectivity index is 2.04. The number of ether oxygens (including phenoxy) is 1. The number of benzene rings is 1. The Kier molecular flexibility index (Phi) is 3.76. The highest BCUT2D eigenvalue weighted by Gasteiger charge is 2.15. The highest BCUT2D eigenvalue weighted by Crippen LogP contribution is 2.28. The minimum Gasteiger partial charge on any atom is -0.482 e. The second kappa shape index (κ2) is 5.30. The maximum Gasteiger partial charge on any atom is 0.278 e. The van der Waals surface area contributed by atoms with Crippen LogP contribution in [-0.4, -0.2) is 36.2 Å². The molecule has 0 saturated heterocycles. The summed E-state index contributed by atoms with van der Waals surface area (Å²) in [6.07, 6.45) is 0.700. The second-order valence-corrected chi connectivity index (χ2v) is 4.50. The number of anilines is 1. The van der Waals surface area contributed by atoms with E-state index in [1.54, 1.807) is 7.05 Å². The minimum atomic E-state index is -0.260. The molecule has 1 aromatic carbocycles. The molecule has 0 aromatic heterocycles. The Bertz CT molecular complexity index is 490. The molecule has 1 heterocycles. The Hall–Kier alpha value is -1.69. The van der Waals surface area contributed by atoms with Crippen LogP contribution >= 0.6 is 12.6 Å². The van der Waals surface area contributed by atoms with Gasteiger partial charge >= 0.3 is 0 Å². The van der Waals surface area contributed by atoms with Gasteiger partial charge in [0.1, 0.15) is 5.75 Å². The second-order valence-electron chi connectivity index (χ2n) is 4.12. The van der Waals surface area contributed by atoms with Crippen molar-refractivity contribution in [1.82, 2.24) is 4.90 Å². The lowest BCUT2D eigenvalue weighted by Gasteiger charge is -2.19. The van der Waals surface area contributed by atoms with Gasteiger partial charge in [-0.25, -0.2) is 0 Å². The van der Waals surface area contributed by atoms with E-state index in [0.29, 0.717) is 24.4 Å². The summed E-state index contributed by atoms with van der Waals surface area (Å²) in [7, 11) is 1.69. The van der Waals surface area contributed by atoms with Crippen molar-refractivity contribution in [1.29, 1.82) is 0 Å². The van der Waals surface area contributed by atoms with Gasteiger partial charge in [0.15, 0.2) is 6.61 Å². The molecule has 6 heteroatoms. The number of nitrogens with zero attached hydrogens (tertiary/aromatic N) is 1. The van der Waals surface area contributed by atoms with Crippen molar-refractivity contribution in [2.45, 2.75) is 6.42 Å². The van der Waals surface area contributed by atoms with E-state index in [-0.39, 0.29) is 17.8 Å². The van der Waals surface area contributed by atoms with Gasteiger partial charge in [-0.15, -0.1) is 0 Å². The molecular formula is C12H14N2O3S. The van der Waals surface area contributed by atoms with E-state index in [2.05, 4.69) is 17.9 Å². The topological polar surface area (TPSA) is 58.6 Å². The zero-order valence-electron chi connectivity index (χ0n) is 9.97. The Morgan fingerprint density at radius 3 is 3.06 bits per heavy atom. The molecule has 0 spiro atoms. The van der Waals surface area contributed by atoms with Gasteiger partial charge in [-0.3, -0.25) is 9.59 Å². The number of fused-ring (bicyclic) bond motifs is 1. The van der Waals surface area contributed by atoms with Crippen LogP contribution in [0.15, 0.2) is 18.2 Å². The number of rotatable bonds is 3. The van der Waals surface area contributed by atoms with Crippen LogP contribution in [0.1, 0.15) is 5.56 Å². The molecule has 0 radical (unpaired) electrons. The van der Waals surface area contributed by atoms with Crippen molar-refractivity contribution < 1.29 is 14.3 Å². The maximum atomic E-state index is 11.2. The molecule has 0 aliphatic carbocycles. The molecular weight excluding hydrogens is 252 g/mol. The van der Waals surface area contributed by atoms with Gasteiger partial charge in [0, 0.05) is 13.6 Å². The zero-order chi connectivity index (χ0) is 13.1. The quantitative estimate of drug-likeness (QED) is 0.816. The van der Waals surface area contributed by atoms with E-state index in [1.807, 2.05) is 18.2 Å². The SMILES string of the molecule is CN(CCc1ccc2c(c1)NC(=O)CO2)C(=O)S. The average molecular weight is 266 g/mol. The summed E-state index contributed by atoms with van der Waals surface area (Å²) >= 11 is 3.74. The van der Waals surface area contributed by atoms with Crippen molar-refractivity contribution in [3.63, 3.8) is 0 Å². The monoisotopic (exact) mass is 266 g/mol. The zero-order valence-corrected chi connectivity index (χ0v) is 10.9. The number of hydrogen-bond acceptors (Lipinski definition) is 3. The van der Waals surface area contributed by atoms with Crippen LogP contribution in [0.5, 0.6) is 5.75 Å². The normalized spacial score (nSPS) is 13.3. The average Bonchev–Trinajstić information content (AvgIpc) is 2.35. The molecule has 0 unspecified atom stereocenters. The number of carbonyl (C=O) groups excluding carboxylic acids is 2. The predicted molar refractivity (Wildman–Crippen MR) is 71.3 cm³/mol. The molecule has 0 atom stereocenters. The highest BCUT2D eigenvalue weighted by atomic mass is 32.1. The van der Waals surface area contributed by atoms with Crippen molar-refractivity contribution >= 4 is 29.5 Å². The third-order valence-corrected chi connectivity index (χ3v) is 3.08. The van der Waals surface area contributed by atoms with Crippen LogP contribution < -0.4 is 10.1 Å². The molecule has 1 aromatic rings. The number of hydrogen-bond donors (Lipinski definition) is 2. The summed E-state index contributed by atoms with van der Waals surface area (Å²) < 4.78 is 5.27. The van der Waals surface area contributed by atoms with Gasteiger partial charge in [0.05, 0.1) is 5.69 Å². The molecule has 2 amide bonds. The van der Waals surface area contributed by atoms with Crippen LogP contribution in [0.3, 0.4) is 0 Å². The van der Waals surface area contributed by atoms with Crippen molar-refractivity contribution in [2.75, 3.05) is 25.5 Å². The van der Waals surface area contributed by atoms with E-state index < -0.39 is 0 Å². The third-order valence-electron chi connectivity index (χ3n) is 2.74. The lowest BCUT2D eigenvalue weighted by Crippen LogP contribution is -2.26. The van der Waals surface area contributed by atoms with E-state index >= 15 is 0 Å². The Labute approximate surface area is 111 Å². The lowest BCUT2D eigenvalue weighted by molar-refractivity contribution is -0.118. The fraction of sp³-hybridized carbons (Fsp3) is 0.333. The van der Waals surface area contributed by atoms with Crippen LogP contribution in [-0.2, 0) is 11.2 Å². The molecule has 0 bridgehead atoms. The fourth-order valence-corrected chi connectivity index (χ4v) is 1.78. The van der Waals surface area contributed by atoms with E-state index in [1.165, 1.54) is 4.90 Å². The first-order valence-corrected chi connectivity index (χ1v) is 6.00. The fourth-order valence-electron chi connectivity index (χ4n) is 1.68. The Morgan fingerprint density at radius 1 is 1.56 bits per heavy atom. The van der Waals surface area contributed by atoms with Gasteiger partial charge in [-0.05, 0) is 24.1 Å². The smallest absolute Gasteiger partial charge is 0.278 e. The van der Waals surface area contributed by atoms with Gasteiger partial charge in [0.25, 0.3) is 11.1 Å². The minimum absolute atomic E-state index is 0.0588. The summed E-state index contributed by atoms with van der Waals surface area (Å²) in [5.74, 6) is 0.527. The molecule has 18 heavy (non-hydrogen) atoms. The molecule has 2 rings (SSSR count). The maximum absolute atomic E-state index is 11.2. The van der Waals surface area contributed by atoms with E-state index in [0.717, 1.165) is 5.56 Å². The molecule has 0 fully saturated rings. The van der Waals surface area contributed by atoms with Gasteiger partial charge in [0.2, 0.25) is 0 Å². The summed E-state index contributed by atoms with van der Waals surface area (Å²) in [6, 6.07) is 5.61. The number of thiol groups is 1. The van der Waals surface area contributed by atoms with Gasteiger partial charge in [-0.1, -0.05) is 18.7 Å². The van der Waals surface area contributed by atoms with E-state index in [4.69, 9.17) is 4.74 Å². The van der Waals surface area contributed by atoms with Crippen molar-refractivity contribution in [3.05, 3.63) is 23.8 Å². The lowest BCUT2D eigenvalue weighted by atomic mass is 10.1. The standard InChI is InChI=1S/C12H14N2O3S/c1-14(12(16)18)5-4-8-2-3-10-9(6-8)13-11(15)7-17-10/h2-3,6H,4-5,7H2,1H3,(H,13,15)(H,16,18). The predicted octanol–water partition coefficient (Wildman–Crippen LogP) is 1.54. The summed E-state index contributed by atoms with van der Waals surface area (Å²) in [4.78, 5) is 23.7. The first-order chi connectivity index (χ1) is 8.56. The number of likely N-dealkylation sites (N-methyl/N-ethyl adjacent to an activating group) is 1. The molecule has 5 nitrogen and oxygen atoms in total. The Morgan fingerprint density at radius 2 is 2.33 bits per heavy atom. The van der Waals surface area contributed by atoms with Crippen LogP contribution in [0, 0.1) is 0 Å². The van der Waals surface area contributed by atoms with Crippen molar-refractivity contribution in [3.8, 4) is 5.75 Å². The number of amides is 2. The molecule has 1 aliphatic rings. The van der Waals surface area contributed by atoms with Crippen LogP contribution in [0.2, 0.25) is 0 Å². The number of nitrogens with one attached hydrogen (secondary N) is 1.